The van der Waals surface area contributed by atoms with Gasteiger partial charge >= 0.3 is 5.97 Å². The molecule has 0 spiro atoms. The Hall–Kier alpha value is -1.71. The third-order valence-electron chi connectivity index (χ3n) is 2.00. The smallest absolute Gasteiger partial charge is 0.344 e. The Kier molecular flexibility index (Phi) is 4.17. The molecule has 1 aromatic carbocycles. The van der Waals surface area contributed by atoms with Crippen LogP contribution < -0.4 is 10.5 Å². The van der Waals surface area contributed by atoms with Crippen LogP contribution in [0.25, 0.3) is 0 Å². The topological polar surface area (TPSA) is 61.5 Å². The fourth-order valence-electron chi connectivity index (χ4n) is 1.21. The second-order valence-electron chi connectivity index (χ2n) is 3.81. The van der Waals surface area contributed by atoms with Crippen LogP contribution in [0.1, 0.15) is 19.4 Å². The summed E-state index contributed by atoms with van der Waals surface area (Å²) in [6, 6.07) is 5.44. The summed E-state index contributed by atoms with van der Waals surface area (Å²) in [5.41, 5.74) is 7.27. The van der Waals surface area contributed by atoms with Crippen LogP contribution in [-0.2, 0) is 9.53 Å². The van der Waals surface area contributed by atoms with E-state index in [-0.39, 0.29) is 12.7 Å². The summed E-state index contributed by atoms with van der Waals surface area (Å²) in [7, 11) is 0. The van der Waals surface area contributed by atoms with Crippen LogP contribution >= 0.6 is 0 Å². The first-order valence-electron chi connectivity index (χ1n) is 5.18. The maximum Gasteiger partial charge on any atom is 0.344 e. The number of para-hydroxylation sites is 1. The predicted octanol–water partition coefficient (Wildman–Crippen LogP) is 1.91. The van der Waals surface area contributed by atoms with Gasteiger partial charge in [0.2, 0.25) is 0 Å². The Bertz CT molecular complexity index is 375. The van der Waals surface area contributed by atoms with Crippen LogP contribution in [0.3, 0.4) is 0 Å². The summed E-state index contributed by atoms with van der Waals surface area (Å²) in [6.07, 6.45) is -0.133. The quantitative estimate of drug-likeness (QED) is 0.625. The van der Waals surface area contributed by atoms with Crippen LogP contribution in [0.5, 0.6) is 5.75 Å². The summed E-state index contributed by atoms with van der Waals surface area (Å²) in [5.74, 6) is 0.122. The minimum absolute atomic E-state index is 0.119. The maximum absolute atomic E-state index is 11.2. The summed E-state index contributed by atoms with van der Waals surface area (Å²) in [5, 5.41) is 0. The summed E-state index contributed by atoms with van der Waals surface area (Å²) in [4.78, 5) is 11.2. The molecule has 0 aromatic heterocycles. The van der Waals surface area contributed by atoms with Gasteiger partial charge in [0.1, 0.15) is 5.75 Å². The highest BCUT2D eigenvalue weighted by Gasteiger charge is 2.08. The number of ether oxygens (including phenoxy) is 2. The van der Waals surface area contributed by atoms with Crippen molar-refractivity contribution < 1.29 is 14.3 Å². The lowest BCUT2D eigenvalue weighted by Gasteiger charge is -2.11. The van der Waals surface area contributed by atoms with E-state index in [1.165, 1.54) is 0 Å². The van der Waals surface area contributed by atoms with Gasteiger partial charge in [0.25, 0.3) is 0 Å². The SMILES string of the molecule is Cc1cccc(OCC(=O)OC(C)C)c1N. The molecule has 16 heavy (non-hydrogen) atoms. The average molecular weight is 223 g/mol. The fraction of sp³-hybridized carbons (Fsp3) is 0.417. The van der Waals surface area contributed by atoms with Crippen LogP contribution in [0.2, 0.25) is 0 Å². The van der Waals surface area contributed by atoms with Crippen LogP contribution in [0.4, 0.5) is 5.69 Å². The van der Waals surface area contributed by atoms with E-state index in [0.717, 1.165) is 5.56 Å². The van der Waals surface area contributed by atoms with Gasteiger partial charge in [0.05, 0.1) is 11.8 Å². The van der Waals surface area contributed by atoms with E-state index in [2.05, 4.69) is 0 Å². The van der Waals surface area contributed by atoms with Crippen molar-refractivity contribution in [1.29, 1.82) is 0 Å². The summed E-state index contributed by atoms with van der Waals surface area (Å²) in [6.45, 7) is 5.35. The first kappa shape index (κ1) is 12.4. The van der Waals surface area contributed by atoms with Crippen LogP contribution in [0, 0.1) is 6.92 Å². The van der Waals surface area contributed by atoms with E-state index in [1.54, 1.807) is 19.9 Å². The molecule has 2 N–H and O–H groups in total. The normalized spacial score (nSPS) is 10.2. The van der Waals surface area contributed by atoms with E-state index in [1.807, 2.05) is 19.1 Å². The zero-order valence-corrected chi connectivity index (χ0v) is 9.82. The van der Waals surface area contributed by atoms with Crippen molar-refractivity contribution in [2.45, 2.75) is 26.9 Å². The third-order valence-corrected chi connectivity index (χ3v) is 2.00. The number of carbonyl (C=O) groups excluding carboxylic acids is 1. The highest BCUT2D eigenvalue weighted by atomic mass is 16.6. The standard InChI is InChI=1S/C12H17NO3/c1-8(2)16-11(14)7-15-10-6-4-5-9(3)12(10)13/h4-6,8H,7,13H2,1-3H3. The van der Waals surface area contributed by atoms with Gasteiger partial charge < -0.3 is 15.2 Å². The Morgan fingerprint density at radius 3 is 2.75 bits per heavy atom. The molecule has 0 saturated heterocycles. The number of benzene rings is 1. The van der Waals surface area contributed by atoms with Gasteiger partial charge in [-0.05, 0) is 32.4 Å². The second kappa shape index (κ2) is 5.39. The molecule has 0 fully saturated rings. The van der Waals surface area contributed by atoms with Crippen molar-refractivity contribution in [3.05, 3.63) is 23.8 Å². The molecule has 0 saturated carbocycles. The molecular formula is C12H17NO3. The lowest BCUT2D eigenvalue weighted by Crippen LogP contribution is -2.19. The molecule has 0 amide bonds. The molecule has 0 unspecified atom stereocenters. The number of aryl methyl sites for hydroxylation is 1. The Morgan fingerprint density at radius 1 is 1.44 bits per heavy atom. The van der Waals surface area contributed by atoms with Crippen LogP contribution in [-0.4, -0.2) is 18.7 Å². The Morgan fingerprint density at radius 2 is 2.12 bits per heavy atom. The molecule has 0 aliphatic carbocycles. The largest absolute Gasteiger partial charge is 0.480 e. The Balaban J connectivity index is 2.55. The van der Waals surface area contributed by atoms with Crippen molar-refractivity contribution in [2.75, 3.05) is 12.3 Å². The van der Waals surface area contributed by atoms with Gasteiger partial charge in [-0.2, -0.15) is 0 Å². The van der Waals surface area contributed by atoms with Crippen LogP contribution in [0.15, 0.2) is 18.2 Å². The number of nitrogens with two attached hydrogens (primary N) is 1. The summed E-state index contributed by atoms with van der Waals surface area (Å²) < 4.78 is 10.2. The van der Waals surface area contributed by atoms with Gasteiger partial charge in [-0.25, -0.2) is 4.79 Å². The number of hydrogen-bond donors (Lipinski definition) is 1. The molecule has 88 valence electrons. The molecule has 4 nitrogen and oxygen atoms in total. The number of anilines is 1. The van der Waals surface area contributed by atoms with E-state index in [9.17, 15) is 4.79 Å². The summed E-state index contributed by atoms with van der Waals surface area (Å²) >= 11 is 0. The lowest BCUT2D eigenvalue weighted by molar-refractivity contribution is -0.149. The van der Waals surface area contributed by atoms with Gasteiger partial charge in [-0.3, -0.25) is 0 Å². The monoisotopic (exact) mass is 223 g/mol. The number of esters is 1. The number of nitrogen functional groups attached to an aromatic ring is 1. The fourth-order valence-corrected chi connectivity index (χ4v) is 1.21. The highest BCUT2D eigenvalue weighted by Crippen LogP contribution is 2.24. The highest BCUT2D eigenvalue weighted by molar-refractivity contribution is 5.71. The van der Waals surface area contributed by atoms with Gasteiger partial charge in [0, 0.05) is 0 Å². The van der Waals surface area contributed by atoms with Gasteiger partial charge in [-0.15, -0.1) is 0 Å². The minimum Gasteiger partial charge on any atom is -0.480 e. The molecular weight excluding hydrogens is 206 g/mol. The number of hydrogen-bond acceptors (Lipinski definition) is 4. The van der Waals surface area contributed by atoms with E-state index >= 15 is 0 Å². The molecule has 0 aliphatic heterocycles. The van der Waals surface area contributed by atoms with E-state index < -0.39 is 5.97 Å². The first-order valence-corrected chi connectivity index (χ1v) is 5.18. The molecule has 1 rings (SSSR count). The molecule has 0 bridgehead atoms. The van der Waals surface area contributed by atoms with Crippen molar-refractivity contribution in [2.24, 2.45) is 0 Å². The minimum atomic E-state index is -0.393. The van der Waals surface area contributed by atoms with Crippen molar-refractivity contribution in [1.82, 2.24) is 0 Å². The molecule has 0 radical (unpaired) electrons. The van der Waals surface area contributed by atoms with Gasteiger partial charge in [-0.1, -0.05) is 12.1 Å². The molecule has 0 aliphatic rings. The predicted molar refractivity (Wildman–Crippen MR) is 62.3 cm³/mol. The number of rotatable bonds is 4. The number of carbonyl (C=O) groups is 1. The first-order chi connectivity index (χ1) is 7.50. The molecule has 1 aromatic rings. The zero-order chi connectivity index (χ0) is 12.1. The molecule has 4 heteroatoms. The van der Waals surface area contributed by atoms with E-state index in [0.29, 0.717) is 11.4 Å². The van der Waals surface area contributed by atoms with Crippen molar-refractivity contribution in [3.8, 4) is 5.75 Å². The lowest BCUT2D eigenvalue weighted by atomic mass is 10.2. The molecule has 0 heterocycles. The Labute approximate surface area is 95.3 Å². The third kappa shape index (κ3) is 3.46. The van der Waals surface area contributed by atoms with Crippen molar-refractivity contribution in [3.63, 3.8) is 0 Å². The molecule has 0 atom stereocenters. The van der Waals surface area contributed by atoms with E-state index in [4.69, 9.17) is 15.2 Å². The second-order valence-corrected chi connectivity index (χ2v) is 3.81. The van der Waals surface area contributed by atoms with Crippen molar-refractivity contribution >= 4 is 11.7 Å². The average Bonchev–Trinajstić information content (AvgIpc) is 2.19. The maximum atomic E-state index is 11.2. The van der Waals surface area contributed by atoms with Gasteiger partial charge in [0.15, 0.2) is 6.61 Å². The zero-order valence-electron chi connectivity index (χ0n) is 9.82.